The van der Waals surface area contributed by atoms with Gasteiger partial charge in [0.25, 0.3) is 5.56 Å². The lowest BCUT2D eigenvalue weighted by Crippen LogP contribution is -2.33. The molecule has 3 rings (SSSR count). The lowest BCUT2D eigenvalue weighted by molar-refractivity contribution is 0.386. The van der Waals surface area contributed by atoms with Crippen LogP contribution in [0, 0.1) is 18.3 Å². The van der Waals surface area contributed by atoms with Gasteiger partial charge in [-0.3, -0.25) is 9.78 Å². The molecule has 1 N–H and O–H groups in total. The van der Waals surface area contributed by atoms with E-state index < -0.39 is 16.9 Å². The Bertz CT molecular complexity index is 1220. The quantitative estimate of drug-likeness (QED) is 0.706. The van der Waals surface area contributed by atoms with E-state index in [1.807, 2.05) is 19.9 Å². The summed E-state index contributed by atoms with van der Waals surface area (Å²) < 4.78 is 12.2. The number of methoxy groups -OCH3 is 1. The van der Waals surface area contributed by atoms with Crippen LogP contribution in [0.25, 0.3) is 5.69 Å². The second-order valence-electron chi connectivity index (χ2n) is 6.61. The van der Waals surface area contributed by atoms with E-state index in [4.69, 9.17) is 14.7 Å². The van der Waals surface area contributed by atoms with Crippen molar-refractivity contribution in [2.75, 3.05) is 7.11 Å². The van der Waals surface area contributed by atoms with E-state index in [1.165, 1.54) is 0 Å². The van der Waals surface area contributed by atoms with Gasteiger partial charge in [-0.05, 0) is 42.7 Å². The van der Waals surface area contributed by atoms with Crippen molar-refractivity contribution in [3.8, 4) is 29.1 Å². The molecule has 0 amide bonds. The van der Waals surface area contributed by atoms with Crippen LogP contribution in [0.15, 0.2) is 40.1 Å². The summed E-state index contributed by atoms with van der Waals surface area (Å²) in [6, 6.07) is 8.48. The van der Waals surface area contributed by atoms with Crippen LogP contribution in [-0.2, 0) is 0 Å². The fraction of sp³-hybridized carbons (Fsp3) is 0.250. The van der Waals surface area contributed by atoms with Crippen molar-refractivity contribution < 1.29 is 9.47 Å². The minimum atomic E-state index is -0.821. The largest absolute Gasteiger partial charge is 0.481 e. The van der Waals surface area contributed by atoms with Crippen molar-refractivity contribution in [3.05, 3.63) is 68.1 Å². The molecular weight excluding hydrogens is 374 g/mol. The number of benzene rings is 1. The van der Waals surface area contributed by atoms with Gasteiger partial charge in [0.15, 0.2) is 0 Å². The first-order valence-corrected chi connectivity index (χ1v) is 8.80. The van der Waals surface area contributed by atoms with Crippen LogP contribution >= 0.6 is 0 Å². The molecule has 0 spiro atoms. The van der Waals surface area contributed by atoms with Gasteiger partial charge in [-0.2, -0.15) is 9.94 Å². The van der Waals surface area contributed by atoms with E-state index >= 15 is 0 Å². The summed E-state index contributed by atoms with van der Waals surface area (Å²) in [5.41, 5.74) is 0.0907. The van der Waals surface area contributed by atoms with Crippen molar-refractivity contribution in [1.82, 2.24) is 19.7 Å². The molecule has 0 aliphatic carbocycles. The van der Waals surface area contributed by atoms with Crippen molar-refractivity contribution in [3.63, 3.8) is 0 Å². The number of hydrogen-bond donors (Lipinski definition) is 1. The molecule has 3 aromatic rings. The summed E-state index contributed by atoms with van der Waals surface area (Å²) in [6.07, 6.45) is 1.57. The predicted molar refractivity (Wildman–Crippen MR) is 105 cm³/mol. The fourth-order valence-corrected chi connectivity index (χ4v) is 2.74. The number of ether oxygens (including phenoxy) is 2. The minimum absolute atomic E-state index is 0.206. The molecule has 1 aromatic carbocycles. The molecule has 0 fully saturated rings. The van der Waals surface area contributed by atoms with Crippen LogP contribution in [0.5, 0.6) is 17.4 Å². The molecule has 0 saturated heterocycles. The molecule has 9 heteroatoms. The van der Waals surface area contributed by atoms with E-state index in [0.29, 0.717) is 23.1 Å². The highest BCUT2D eigenvalue weighted by Gasteiger charge is 2.13. The Labute approximate surface area is 166 Å². The maximum Gasteiger partial charge on any atom is 0.349 e. The molecule has 148 valence electrons. The van der Waals surface area contributed by atoms with E-state index in [2.05, 4.69) is 15.1 Å². The predicted octanol–water partition coefficient (Wildman–Crippen LogP) is 2.42. The molecule has 0 radical (unpaired) electrons. The van der Waals surface area contributed by atoms with E-state index in [-0.39, 0.29) is 5.92 Å². The van der Waals surface area contributed by atoms with Gasteiger partial charge in [-0.15, -0.1) is 5.10 Å². The lowest BCUT2D eigenvalue weighted by atomic mass is 10.1. The molecule has 29 heavy (non-hydrogen) atoms. The van der Waals surface area contributed by atoms with E-state index in [0.717, 1.165) is 15.8 Å². The highest BCUT2D eigenvalue weighted by molar-refractivity contribution is 5.46. The Morgan fingerprint density at radius 2 is 2.00 bits per heavy atom. The minimum Gasteiger partial charge on any atom is -0.481 e. The molecule has 9 nitrogen and oxygen atoms in total. The SMILES string of the molecule is COc1ncc(Oc2ccc(-n3nc(C#N)c(=O)[nH]c3=O)cc2C)cc1C(C)C. The second kappa shape index (κ2) is 7.98. The lowest BCUT2D eigenvalue weighted by Gasteiger charge is -2.14. The summed E-state index contributed by atoms with van der Waals surface area (Å²) in [7, 11) is 1.57. The van der Waals surface area contributed by atoms with Crippen LogP contribution in [0.1, 0.15) is 36.6 Å². The first-order chi connectivity index (χ1) is 13.8. The van der Waals surface area contributed by atoms with Gasteiger partial charge in [-0.1, -0.05) is 13.8 Å². The molecule has 0 bridgehead atoms. The van der Waals surface area contributed by atoms with Gasteiger partial charge >= 0.3 is 5.69 Å². The number of rotatable bonds is 5. The number of aromatic amines is 1. The Morgan fingerprint density at radius 3 is 2.62 bits per heavy atom. The fourth-order valence-electron chi connectivity index (χ4n) is 2.74. The molecule has 2 aromatic heterocycles. The van der Waals surface area contributed by atoms with Gasteiger partial charge in [0.05, 0.1) is 19.0 Å². The first-order valence-electron chi connectivity index (χ1n) is 8.80. The van der Waals surface area contributed by atoms with Crippen molar-refractivity contribution in [2.45, 2.75) is 26.7 Å². The summed E-state index contributed by atoms with van der Waals surface area (Å²) in [5, 5.41) is 12.8. The second-order valence-corrected chi connectivity index (χ2v) is 6.61. The number of aromatic nitrogens is 4. The van der Waals surface area contributed by atoms with Crippen LogP contribution in [0.2, 0.25) is 0 Å². The topological polar surface area (TPSA) is 123 Å². The van der Waals surface area contributed by atoms with Crippen molar-refractivity contribution in [1.29, 1.82) is 5.26 Å². The zero-order valence-electron chi connectivity index (χ0n) is 16.4. The number of nitrogens with one attached hydrogen (secondary N) is 1. The molecule has 2 heterocycles. The smallest absolute Gasteiger partial charge is 0.349 e. The normalized spacial score (nSPS) is 10.6. The Hall–Kier alpha value is -3.93. The molecule has 0 aliphatic rings. The van der Waals surface area contributed by atoms with Gasteiger partial charge < -0.3 is 9.47 Å². The van der Waals surface area contributed by atoms with Crippen LogP contribution in [0.3, 0.4) is 0 Å². The summed E-state index contributed by atoms with van der Waals surface area (Å²) in [5.74, 6) is 1.87. The van der Waals surface area contributed by atoms with Crippen molar-refractivity contribution >= 4 is 0 Å². The number of hydrogen-bond acceptors (Lipinski definition) is 7. The average molecular weight is 393 g/mol. The molecule has 0 aliphatic heterocycles. The number of H-pyrrole nitrogens is 1. The maximum atomic E-state index is 12.0. The standard InChI is InChI=1S/C20H19N5O4/c1-11(2)15-8-14(10-22-19(15)28-4)29-17-6-5-13(7-12(17)3)25-20(27)23-18(26)16(9-21)24-25/h5-8,10-11H,1-4H3,(H,23,26,27). The maximum absolute atomic E-state index is 12.0. The molecule has 0 atom stereocenters. The highest BCUT2D eigenvalue weighted by Crippen LogP contribution is 2.31. The zero-order chi connectivity index (χ0) is 21.1. The van der Waals surface area contributed by atoms with Gasteiger partial charge in [-0.25, -0.2) is 9.78 Å². The number of nitriles is 1. The van der Waals surface area contributed by atoms with Crippen molar-refractivity contribution in [2.24, 2.45) is 0 Å². The molecule has 0 unspecified atom stereocenters. The third kappa shape index (κ3) is 4.01. The third-order valence-electron chi connectivity index (χ3n) is 4.23. The molecular formula is C20H19N5O4. The molecule has 0 saturated carbocycles. The first kappa shape index (κ1) is 19.8. The van der Waals surface area contributed by atoms with Crippen LogP contribution in [-0.4, -0.2) is 26.9 Å². The Morgan fingerprint density at radius 1 is 1.24 bits per heavy atom. The van der Waals surface area contributed by atoms with Crippen LogP contribution in [0.4, 0.5) is 0 Å². The zero-order valence-corrected chi connectivity index (χ0v) is 16.4. The van der Waals surface area contributed by atoms with E-state index in [1.54, 1.807) is 44.5 Å². The van der Waals surface area contributed by atoms with Gasteiger partial charge in [0.1, 0.15) is 17.6 Å². The Balaban J connectivity index is 1.96. The third-order valence-corrected chi connectivity index (χ3v) is 4.23. The summed E-state index contributed by atoms with van der Waals surface area (Å²) in [6.45, 7) is 5.88. The van der Waals surface area contributed by atoms with Crippen LogP contribution < -0.4 is 20.7 Å². The Kier molecular flexibility index (Phi) is 5.45. The number of pyridine rings is 1. The number of aryl methyl sites for hydroxylation is 1. The van der Waals surface area contributed by atoms with Gasteiger partial charge in [0.2, 0.25) is 11.6 Å². The monoisotopic (exact) mass is 393 g/mol. The van der Waals surface area contributed by atoms with E-state index in [9.17, 15) is 9.59 Å². The summed E-state index contributed by atoms with van der Waals surface area (Å²) in [4.78, 5) is 29.9. The number of nitrogens with zero attached hydrogens (tertiary/aromatic N) is 4. The van der Waals surface area contributed by atoms with Gasteiger partial charge in [0, 0.05) is 5.56 Å². The summed E-state index contributed by atoms with van der Waals surface area (Å²) >= 11 is 0. The highest BCUT2D eigenvalue weighted by atomic mass is 16.5. The average Bonchev–Trinajstić information content (AvgIpc) is 2.69.